The van der Waals surface area contributed by atoms with E-state index in [1.807, 2.05) is 24.3 Å². The van der Waals surface area contributed by atoms with Gasteiger partial charge in [0.1, 0.15) is 13.2 Å². The fourth-order valence-electron chi connectivity index (χ4n) is 1.28. The molecule has 2 aromatic rings. The summed E-state index contributed by atoms with van der Waals surface area (Å²) in [5.74, 6) is -0.389. The van der Waals surface area contributed by atoms with Crippen LogP contribution in [0.1, 0.15) is 5.89 Å². The molecule has 0 fully saturated rings. The van der Waals surface area contributed by atoms with Gasteiger partial charge in [0.2, 0.25) is 11.8 Å². The van der Waals surface area contributed by atoms with Crippen molar-refractivity contribution in [3.63, 3.8) is 0 Å². The van der Waals surface area contributed by atoms with Crippen LogP contribution >= 0.6 is 22.6 Å². The van der Waals surface area contributed by atoms with Crippen LogP contribution in [0.5, 0.6) is 0 Å². The maximum atomic E-state index is 10.3. The summed E-state index contributed by atoms with van der Waals surface area (Å²) in [7, 11) is 0. The molecule has 0 atom stereocenters. The molecule has 0 saturated carbocycles. The normalized spacial score (nSPS) is 10.5. The average molecular weight is 360 g/mol. The number of ether oxygens (including phenoxy) is 1. The van der Waals surface area contributed by atoms with E-state index < -0.39 is 5.97 Å². The SMILES string of the molecule is O=C(O)COCc1nnc(-c2cccc(I)c2)o1. The molecule has 1 aromatic heterocycles. The molecule has 0 aliphatic rings. The van der Waals surface area contributed by atoms with Crippen LogP contribution < -0.4 is 0 Å². The van der Waals surface area contributed by atoms with E-state index in [0.29, 0.717) is 5.89 Å². The number of carboxylic acid groups (broad SMARTS) is 1. The molecule has 0 amide bonds. The lowest BCUT2D eigenvalue weighted by Gasteiger charge is -1.96. The summed E-state index contributed by atoms with van der Waals surface area (Å²) in [6, 6.07) is 7.62. The second kappa shape index (κ2) is 5.91. The van der Waals surface area contributed by atoms with Crippen molar-refractivity contribution in [2.24, 2.45) is 0 Å². The maximum Gasteiger partial charge on any atom is 0.329 e. The van der Waals surface area contributed by atoms with Gasteiger partial charge in [0.05, 0.1) is 0 Å². The van der Waals surface area contributed by atoms with Gasteiger partial charge in [0, 0.05) is 9.13 Å². The number of rotatable bonds is 5. The van der Waals surface area contributed by atoms with Crippen LogP contribution in [-0.4, -0.2) is 27.9 Å². The van der Waals surface area contributed by atoms with Gasteiger partial charge in [-0.2, -0.15) is 0 Å². The predicted molar refractivity (Wildman–Crippen MR) is 69.7 cm³/mol. The summed E-state index contributed by atoms with van der Waals surface area (Å²) >= 11 is 2.19. The largest absolute Gasteiger partial charge is 0.480 e. The van der Waals surface area contributed by atoms with E-state index in [0.717, 1.165) is 9.13 Å². The van der Waals surface area contributed by atoms with E-state index in [1.165, 1.54) is 0 Å². The van der Waals surface area contributed by atoms with Crippen molar-refractivity contribution in [1.82, 2.24) is 10.2 Å². The summed E-state index contributed by atoms with van der Waals surface area (Å²) in [6.45, 7) is -0.399. The standard InChI is InChI=1S/C11H9IN2O4/c12-8-3-1-2-7(4-8)11-14-13-9(18-11)5-17-6-10(15)16/h1-4H,5-6H2,(H,15,16). The Morgan fingerprint density at radius 1 is 1.44 bits per heavy atom. The van der Waals surface area contributed by atoms with Crippen molar-refractivity contribution in [1.29, 1.82) is 0 Å². The Balaban J connectivity index is 2.04. The number of nitrogens with zero attached hydrogens (tertiary/aromatic N) is 2. The highest BCUT2D eigenvalue weighted by Crippen LogP contribution is 2.20. The van der Waals surface area contributed by atoms with Crippen LogP contribution in [0.2, 0.25) is 0 Å². The highest BCUT2D eigenvalue weighted by Gasteiger charge is 2.09. The predicted octanol–water partition coefficient (Wildman–Crippen LogP) is 1.94. The number of aliphatic carboxylic acids is 1. The molecule has 0 aliphatic carbocycles. The molecule has 6 nitrogen and oxygen atoms in total. The lowest BCUT2D eigenvalue weighted by molar-refractivity contribution is -0.142. The number of carboxylic acids is 1. The smallest absolute Gasteiger partial charge is 0.329 e. The van der Waals surface area contributed by atoms with E-state index >= 15 is 0 Å². The van der Waals surface area contributed by atoms with Crippen LogP contribution in [-0.2, 0) is 16.1 Å². The third-order valence-electron chi connectivity index (χ3n) is 1.99. The fourth-order valence-corrected chi connectivity index (χ4v) is 1.82. The third kappa shape index (κ3) is 3.50. The Kier molecular flexibility index (Phi) is 4.26. The maximum absolute atomic E-state index is 10.3. The Bertz CT molecular complexity index is 555. The third-order valence-corrected chi connectivity index (χ3v) is 2.66. The molecule has 0 unspecified atom stereocenters. The van der Waals surface area contributed by atoms with Crippen molar-refractivity contribution in [2.75, 3.05) is 6.61 Å². The second-order valence-electron chi connectivity index (χ2n) is 3.40. The molecule has 18 heavy (non-hydrogen) atoms. The second-order valence-corrected chi connectivity index (χ2v) is 4.64. The molecule has 0 saturated heterocycles. The molecule has 1 heterocycles. The lowest BCUT2D eigenvalue weighted by Crippen LogP contribution is -2.06. The van der Waals surface area contributed by atoms with Crippen molar-refractivity contribution >= 4 is 28.6 Å². The Morgan fingerprint density at radius 3 is 3.00 bits per heavy atom. The van der Waals surface area contributed by atoms with Crippen molar-refractivity contribution < 1.29 is 19.1 Å². The van der Waals surface area contributed by atoms with Crippen LogP contribution in [0.15, 0.2) is 28.7 Å². The number of aromatic nitrogens is 2. The van der Waals surface area contributed by atoms with Gasteiger partial charge in [-0.1, -0.05) is 6.07 Å². The highest BCUT2D eigenvalue weighted by atomic mass is 127. The first kappa shape index (κ1) is 13.0. The molecule has 0 spiro atoms. The van der Waals surface area contributed by atoms with Gasteiger partial charge in [0.25, 0.3) is 0 Å². The van der Waals surface area contributed by atoms with Gasteiger partial charge in [-0.25, -0.2) is 4.79 Å². The summed E-state index contributed by atoms with van der Waals surface area (Å²) in [4.78, 5) is 10.3. The van der Waals surface area contributed by atoms with Crippen LogP contribution in [0.25, 0.3) is 11.5 Å². The summed E-state index contributed by atoms with van der Waals surface area (Å²) in [5, 5.41) is 16.1. The number of halogens is 1. The van der Waals surface area contributed by atoms with E-state index in [-0.39, 0.29) is 19.1 Å². The van der Waals surface area contributed by atoms with E-state index in [2.05, 4.69) is 32.8 Å². The van der Waals surface area contributed by atoms with Crippen molar-refractivity contribution in [3.05, 3.63) is 33.7 Å². The average Bonchev–Trinajstić information content (AvgIpc) is 2.77. The minimum absolute atomic E-state index is 0.0107. The topological polar surface area (TPSA) is 85.5 Å². The molecule has 94 valence electrons. The molecule has 2 rings (SSSR count). The summed E-state index contributed by atoms with van der Waals surface area (Å²) in [6.07, 6.45) is 0. The summed E-state index contributed by atoms with van der Waals surface area (Å²) < 4.78 is 11.3. The van der Waals surface area contributed by atoms with Crippen LogP contribution in [0, 0.1) is 3.57 Å². The molecular weight excluding hydrogens is 351 g/mol. The molecule has 1 N–H and O–H groups in total. The number of carbonyl (C=O) groups is 1. The first-order chi connectivity index (χ1) is 8.65. The molecule has 1 aromatic carbocycles. The van der Waals surface area contributed by atoms with E-state index in [9.17, 15) is 4.79 Å². The van der Waals surface area contributed by atoms with Gasteiger partial charge >= 0.3 is 5.97 Å². The molecule has 0 radical (unpaired) electrons. The minimum atomic E-state index is -1.03. The Labute approximate surface area is 116 Å². The lowest BCUT2D eigenvalue weighted by atomic mass is 10.2. The first-order valence-corrected chi connectivity index (χ1v) is 6.11. The first-order valence-electron chi connectivity index (χ1n) is 5.03. The quantitative estimate of drug-likeness (QED) is 0.821. The number of benzene rings is 1. The van der Waals surface area contributed by atoms with Gasteiger partial charge in [0.15, 0.2) is 0 Å². The zero-order valence-electron chi connectivity index (χ0n) is 9.17. The van der Waals surface area contributed by atoms with Crippen LogP contribution in [0.4, 0.5) is 0 Å². The molecule has 0 aliphatic heterocycles. The minimum Gasteiger partial charge on any atom is -0.480 e. The van der Waals surface area contributed by atoms with E-state index in [4.69, 9.17) is 14.3 Å². The Hall–Kier alpha value is -1.48. The van der Waals surface area contributed by atoms with Gasteiger partial charge in [-0.15, -0.1) is 10.2 Å². The van der Waals surface area contributed by atoms with Crippen molar-refractivity contribution in [2.45, 2.75) is 6.61 Å². The monoisotopic (exact) mass is 360 g/mol. The fraction of sp³-hybridized carbons (Fsp3) is 0.182. The van der Waals surface area contributed by atoms with Crippen LogP contribution in [0.3, 0.4) is 0 Å². The zero-order valence-corrected chi connectivity index (χ0v) is 11.3. The zero-order chi connectivity index (χ0) is 13.0. The van der Waals surface area contributed by atoms with Gasteiger partial charge < -0.3 is 14.3 Å². The summed E-state index contributed by atoms with van der Waals surface area (Å²) in [5.41, 5.74) is 0.818. The highest BCUT2D eigenvalue weighted by molar-refractivity contribution is 14.1. The van der Waals surface area contributed by atoms with Gasteiger partial charge in [-0.3, -0.25) is 0 Å². The van der Waals surface area contributed by atoms with Gasteiger partial charge in [-0.05, 0) is 40.8 Å². The molecule has 7 heteroatoms. The molecule has 0 bridgehead atoms. The van der Waals surface area contributed by atoms with E-state index in [1.54, 1.807) is 0 Å². The Morgan fingerprint density at radius 2 is 2.28 bits per heavy atom. The number of hydrogen-bond acceptors (Lipinski definition) is 5. The van der Waals surface area contributed by atoms with Crippen molar-refractivity contribution in [3.8, 4) is 11.5 Å². The number of hydrogen-bond donors (Lipinski definition) is 1. The molecular formula is C11H9IN2O4.